The lowest BCUT2D eigenvalue weighted by Crippen LogP contribution is -2.43. The first kappa shape index (κ1) is 33.9. The Bertz CT molecular complexity index is 1550. The third-order valence-electron chi connectivity index (χ3n) is 8.87. The van der Waals surface area contributed by atoms with Gasteiger partial charge in [0, 0.05) is 60.6 Å². The van der Waals surface area contributed by atoms with Crippen LogP contribution in [0, 0.1) is 11.8 Å². The Balaban J connectivity index is 0.00000461. The van der Waals surface area contributed by atoms with Gasteiger partial charge >= 0.3 is 12.1 Å². The van der Waals surface area contributed by atoms with E-state index < -0.39 is 23.6 Å². The summed E-state index contributed by atoms with van der Waals surface area (Å²) in [5.74, 6) is -1.13. The standard InChI is InChI=1S/C35H44N4O5.ClH/c1-23(25-12-8-7-9-13-25)28(20-36-34(42)44-35(3,4)5)33(41)43-22-39-19-18-38(24(39)2)21-26-16-17-30-31(32(26)40)27-14-10-11-15-29(27)37(30)6;/h7-15,18-19,23-24,26,28H,16-17,20-22H2,1-6H3,(H,36,42);1H. The Labute approximate surface area is 271 Å². The molecule has 2 heterocycles. The summed E-state index contributed by atoms with van der Waals surface area (Å²) in [5.41, 5.74) is 3.41. The highest BCUT2D eigenvalue weighted by Crippen LogP contribution is 2.35. The van der Waals surface area contributed by atoms with Crippen LogP contribution in [0.25, 0.3) is 10.9 Å². The van der Waals surface area contributed by atoms with Gasteiger partial charge in [-0.3, -0.25) is 9.59 Å². The zero-order valence-corrected chi connectivity index (χ0v) is 27.8. The number of ether oxygens (including phenoxy) is 2. The van der Waals surface area contributed by atoms with Gasteiger partial charge in [0.25, 0.3) is 0 Å². The quantitative estimate of drug-likeness (QED) is 0.279. The first-order chi connectivity index (χ1) is 20.9. The number of ketones is 1. The summed E-state index contributed by atoms with van der Waals surface area (Å²) in [6.45, 7) is 10.1. The molecule has 3 aromatic rings. The van der Waals surface area contributed by atoms with E-state index in [2.05, 4.69) is 20.9 Å². The average Bonchev–Trinajstić information content (AvgIpc) is 3.49. The topological polar surface area (TPSA) is 93.1 Å². The summed E-state index contributed by atoms with van der Waals surface area (Å²) in [7, 11) is 2.04. The van der Waals surface area contributed by atoms with Crippen molar-refractivity contribution >= 4 is 41.2 Å². The van der Waals surface area contributed by atoms with Gasteiger partial charge in [-0.25, -0.2) is 4.79 Å². The maximum Gasteiger partial charge on any atom is 0.407 e. The Hall–Kier alpha value is -3.98. The van der Waals surface area contributed by atoms with Crippen molar-refractivity contribution in [3.05, 3.63) is 83.8 Å². The number of rotatable bonds is 9. The summed E-state index contributed by atoms with van der Waals surface area (Å²) in [4.78, 5) is 43.6. The number of carbonyl (C=O) groups excluding carboxylic acids is 3. The molecule has 0 bridgehead atoms. The van der Waals surface area contributed by atoms with Crippen molar-refractivity contribution in [2.45, 2.75) is 65.1 Å². The number of nitrogens with one attached hydrogen (secondary N) is 1. The molecule has 4 atom stereocenters. The molecule has 9 nitrogen and oxygen atoms in total. The molecule has 1 amide bonds. The van der Waals surface area contributed by atoms with Crippen LogP contribution < -0.4 is 5.32 Å². The Morgan fingerprint density at radius 1 is 1.02 bits per heavy atom. The van der Waals surface area contributed by atoms with Crippen LogP contribution in [-0.4, -0.2) is 63.8 Å². The Morgan fingerprint density at radius 3 is 2.40 bits per heavy atom. The number of Topliss-reactive ketones (excluding diaryl/α,β-unsaturated/α-hetero) is 1. The molecule has 1 aliphatic heterocycles. The summed E-state index contributed by atoms with van der Waals surface area (Å²) >= 11 is 0. The number of nitrogens with zero attached hydrogens (tertiary/aromatic N) is 3. The number of hydrogen-bond donors (Lipinski definition) is 1. The second-order valence-corrected chi connectivity index (χ2v) is 12.9. The van der Waals surface area contributed by atoms with Crippen LogP contribution in [0.15, 0.2) is 67.0 Å². The van der Waals surface area contributed by atoms with Gasteiger partial charge in [-0.15, -0.1) is 12.4 Å². The van der Waals surface area contributed by atoms with E-state index in [9.17, 15) is 14.4 Å². The number of alkyl carbamates (subject to hydrolysis) is 1. The van der Waals surface area contributed by atoms with Crippen molar-refractivity contribution in [2.75, 3.05) is 19.8 Å². The van der Waals surface area contributed by atoms with E-state index in [0.29, 0.717) is 6.54 Å². The summed E-state index contributed by atoms with van der Waals surface area (Å²) in [6.07, 6.45) is 4.88. The minimum absolute atomic E-state index is 0. The summed E-state index contributed by atoms with van der Waals surface area (Å²) in [5, 5.41) is 3.78. The average molecular weight is 637 g/mol. The third kappa shape index (κ3) is 7.47. The second-order valence-electron chi connectivity index (χ2n) is 12.9. The highest BCUT2D eigenvalue weighted by atomic mass is 35.5. The van der Waals surface area contributed by atoms with Gasteiger partial charge in [-0.1, -0.05) is 55.5 Å². The summed E-state index contributed by atoms with van der Waals surface area (Å²) < 4.78 is 13.4. The maximum absolute atomic E-state index is 13.7. The van der Waals surface area contributed by atoms with Gasteiger partial charge in [-0.2, -0.15) is 0 Å². The van der Waals surface area contributed by atoms with Crippen LogP contribution in [0.5, 0.6) is 0 Å². The minimum atomic E-state index is -0.644. The third-order valence-corrected chi connectivity index (χ3v) is 8.87. The predicted molar refractivity (Wildman–Crippen MR) is 177 cm³/mol. The fourth-order valence-electron chi connectivity index (χ4n) is 6.27. The van der Waals surface area contributed by atoms with Crippen molar-refractivity contribution in [1.29, 1.82) is 0 Å². The number of halogens is 1. The first-order valence-electron chi connectivity index (χ1n) is 15.4. The van der Waals surface area contributed by atoms with Gasteiger partial charge in [0.05, 0.1) is 5.92 Å². The predicted octanol–water partition coefficient (Wildman–Crippen LogP) is 6.23. The van der Waals surface area contributed by atoms with Crippen LogP contribution in [0.1, 0.15) is 68.6 Å². The van der Waals surface area contributed by atoms with E-state index in [0.717, 1.165) is 40.6 Å². The van der Waals surface area contributed by atoms with Gasteiger partial charge in [0.2, 0.25) is 0 Å². The summed E-state index contributed by atoms with van der Waals surface area (Å²) in [6, 6.07) is 17.8. The number of aromatic nitrogens is 1. The fraction of sp³-hybridized carbons (Fsp3) is 0.457. The zero-order valence-electron chi connectivity index (χ0n) is 27.0. The molecule has 0 radical (unpaired) electrons. The zero-order chi connectivity index (χ0) is 31.6. The number of aryl methyl sites for hydroxylation is 1. The smallest absolute Gasteiger partial charge is 0.407 e. The number of fused-ring (bicyclic) bond motifs is 3. The maximum atomic E-state index is 13.7. The number of benzene rings is 2. The van der Waals surface area contributed by atoms with E-state index in [1.807, 2.05) is 86.7 Å². The molecule has 4 unspecified atom stereocenters. The SMILES string of the molecule is CC(c1ccccc1)C(CNC(=O)OC(C)(C)C)C(=O)OCN1C=CN(CC2CCc3c(c4ccccc4n3C)C2=O)C1C.Cl. The lowest BCUT2D eigenvalue weighted by molar-refractivity contribution is -0.154. The van der Waals surface area contributed by atoms with Crippen molar-refractivity contribution < 1.29 is 23.9 Å². The van der Waals surface area contributed by atoms with Crippen LogP contribution in [0.3, 0.4) is 0 Å². The minimum Gasteiger partial charge on any atom is -0.444 e. The van der Waals surface area contributed by atoms with Gasteiger partial charge in [0.1, 0.15) is 11.8 Å². The Morgan fingerprint density at radius 2 is 1.69 bits per heavy atom. The second kappa shape index (κ2) is 14.0. The molecule has 1 N–H and O–H groups in total. The highest BCUT2D eigenvalue weighted by molar-refractivity contribution is 6.11. The first-order valence-corrected chi connectivity index (χ1v) is 15.4. The molecular formula is C35H45ClN4O5. The molecule has 0 saturated carbocycles. The van der Waals surface area contributed by atoms with E-state index in [4.69, 9.17) is 9.47 Å². The van der Waals surface area contributed by atoms with E-state index in [-0.39, 0.29) is 49.5 Å². The van der Waals surface area contributed by atoms with Crippen molar-refractivity contribution in [2.24, 2.45) is 18.9 Å². The van der Waals surface area contributed by atoms with Crippen molar-refractivity contribution in [3.8, 4) is 0 Å². The molecule has 0 fully saturated rings. The normalized spacial score (nSPS) is 19.1. The molecule has 2 aliphatic rings. The van der Waals surface area contributed by atoms with Crippen LogP contribution in [0.4, 0.5) is 4.79 Å². The number of para-hydroxylation sites is 1. The molecule has 5 rings (SSSR count). The molecule has 10 heteroatoms. The van der Waals surface area contributed by atoms with E-state index in [1.165, 1.54) is 0 Å². The van der Waals surface area contributed by atoms with Crippen LogP contribution >= 0.6 is 12.4 Å². The Kier molecular flexibility index (Phi) is 10.5. The number of hydrogen-bond acceptors (Lipinski definition) is 7. The van der Waals surface area contributed by atoms with Crippen molar-refractivity contribution in [3.63, 3.8) is 0 Å². The van der Waals surface area contributed by atoms with Crippen LogP contribution in [0.2, 0.25) is 0 Å². The van der Waals surface area contributed by atoms with Gasteiger partial charge in [-0.05, 0) is 58.1 Å². The fourth-order valence-corrected chi connectivity index (χ4v) is 6.27. The largest absolute Gasteiger partial charge is 0.444 e. The molecular weight excluding hydrogens is 592 g/mol. The number of esters is 1. The highest BCUT2D eigenvalue weighted by Gasteiger charge is 2.35. The monoisotopic (exact) mass is 636 g/mol. The molecule has 45 heavy (non-hydrogen) atoms. The lowest BCUT2D eigenvalue weighted by Gasteiger charge is -2.33. The molecule has 1 aliphatic carbocycles. The number of carbonyl (C=O) groups is 3. The number of amides is 1. The molecule has 0 saturated heterocycles. The van der Waals surface area contributed by atoms with Crippen LogP contribution in [-0.2, 0) is 27.7 Å². The molecule has 1 aromatic heterocycles. The molecule has 242 valence electrons. The van der Waals surface area contributed by atoms with E-state index in [1.54, 1.807) is 20.8 Å². The van der Waals surface area contributed by atoms with Gasteiger partial charge in [0.15, 0.2) is 12.5 Å². The lowest BCUT2D eigenvalue weighted by atomic mass is 9.84. The van der Waals surface area contributed by atoms with Gasteiger partial charge < -0.3 is 29.2 Å². The molecule has 2 aromatic carbocycles. The van der Waals surface area contributed by atoms with E-state index >= 15 is 0 Å². The van der Waals surface area contributed by atoms with Crippen molar-refractivity contribution in [1.82, 2.24) is 19.7 Å². The molecule has 0 spiro atoms.